The van der Waals surface area contributed by atoms with Gasteiger partial charge in [0.25, 0.3) is 0 Å². The Kier molecular flexibility index (Phi) is 4.73. The summed E-state index contributed by atoms with van der Waals surface area (Å²) in [6, 6.07) is 21.5. The van der Waals surface area contributed by atoms with E-state index in [1.54, 1.807) is 0 Å². The molecular weight excluding hydrogens is 344 g/mol. The van der Waals surface area contributed by atoms with Crippen LogP contribution in [0.3, 0.4) is 0 Å². The molecule has 0 aliphatic carbocycles. The highest BCUT2D eigenvalue weighted by molar-refractivity contribution is 5.83. The minimum absolute atomic E-state index is 0.171. The van der Waals surface area contributed by atoms with Crippen molar-refractivity contribution in [3.8, 4) is 0 Å². The van der Waals surface area contributed by atoms with Gasteiger partial charge < -0.3 is 5.32 Å². The van der Waals surface area contributed by atoms with Crippen molar-refractivity contribution in [2.45, 2.75) is 12.5 Å². The first kappa shape index (κ1) is 17.3. The summed E-state index contributed by atoms with van der Waals surface area (Å²) in [6.07, 6.45) is 5.15. The summed E-state index contributed by atoms with van der Waals surface area (Å²) in [6.45, 7) is 4.19. The molecule has 1 fully saturated rings. The molecule has 4 heteroatoms. The summed E-state index contributed by atoms with van der Waals surface area (Å²) >= 11 is 0. The fraction of sp³-hybridized carbons (Fsp3) is 0.250. The van der Waals surface area contributed by atoms with Crippen molar-refractivity contribution >= 4 is 21.8 Å². The van der Waals surface area contributed by atoms with Gasteiger partial charge in [-0.05, 0) is 48.4 Å². The summed E-state index contributed by atoms with van der Waals surface area (Å²) in [4.78, 5) is 11.9. The summed E-state index contributed by atoms with van der Waals surface area (Å²) < 4.78 is 0. The van der Waals surface area contributed by atoms with Crippen LogP contribution in [0.25, 0.3) is 21.8 Å². The predicted octanol–water partition coefficient (Wildman–Crippen LogP) is 4.17. The Morgan fingerprint density at radius 2 is 1.71 bits per heavy atom. The number of hydrogen-bond donors (Lipinski definition) is 1. The number of benzene rings is 2. The molecular formula is C24H24N4. The van der Waals surface area contributed by atoms with E-state index >= 15 is 0 Å². The average molecular weight is 368 g/mol. The van der Waals surface area contributed by atoms with Crippen molar-refractivity contribution in [3.63, 3.8) is 0 Å². The van der Waals surface area contributed by atoms with Crippen LogP contribution in [0, 0.1) is 0 Å². The fourth-order valence-electron chi connectivity index (χ4n) is 4.31. The van der Waals surface area contributed by atoms with E-state index in [1.807, 2.05) is 12.3 Å². The van der Waals surface area contributed by atoms with Crippen LogP contribution in [-0.4, -0.2) is 41.0 Å². The van der Waals surface area contributed by atoms with E-state index in [9.17, 15) is 0 Å². The zero-order valence-electron chi connectivity index (χ0n) is 15.9. The van der Waals surface area contributed by atoms with E-state index in [0.717, 1.165) is 43.6 Å². The highest BCUT2D eigenvalue weighted by Gasteiger charge is 2.25. The highest BCUT2D eigenvalue weighted by atomic mass is 15.2. The molecule has 0 spiro atoms. The molecule has 0 saturated carbocycles. The van der Waals surface area contributed by atoms with Crippen LogP contribution in [0.5, 0.6) is 0 Å². The van der Waals surface area contributed by atoms with E-state index in [0.29, 0.717) is 0 Å². The van der Waals surface area contributed by atoms with Gasteiger partial charge in [-0.1, -0.05) is 36.4 Å². The quantitative estimate of drug-likeness (QED) is 0.589. The molecule has 1 N–H and O–H groups in total. The van der Waals surface area contributed by atoms with E-state index in [4.69, 9.17) is 4.98 Å². The second-order valence-corrected chi connectivity index (χ2v) is 7.42. The van der Waals surface area contributed by atoms with E-state index in [-0.39, 0.29) is 6.04 Å². The van der Waals surface area contributed by atoms with Gasteiger partial charge in [0.2, 0.25) is 0 Å². The summed E-state index contributed by atoms with van der Waals surface area (Å²) in [5, 5.41) is 5.95. The molecule has 4 nitrogen and oxygen atoms in total. The minimum atomic E-state index is 0.171. The smallest absolute Gasteiger partial charge is 0.0705 e. The van der Waals surface area contributed by atoms with Crippen molar-refractivity contribution in [2.24, 2.45) is 0 Å². The van der Waals surface area contributed by atoms with Crippen molar-refractivity contribution < 1.29 is 0 Å². The molecule has 1 atom stereocenters. The van der Waals surface area contributed by atoms with Crippen LogP contribution in [0.1, 0.15) is 23.6 Å². The monoisotopic (exact) mass is 368 g/mol. The molecule has 4 aromatic rings. The number of aromatic nitrogens is 2. The van der Waals surface area contributed by atoms with Crippen LogP contribution >= 0.6 is 0 Å². The Bertz CT molecular complexity index is 1090. The molecule has 3 heterocycles. The molecule has 1 saturated heterocycles. The summed E-state index contributed by atoms with van der Waals surface area (Å²) in [7, 11) is 0. The highest BCUT2D eigenvalue weighted by Crippen LogP contribution is 2.34. The second kappa shape index (κ2) is 7.66. The maximum atomic E-state index is 4.77. The van der Waals surface area contributed by atoms with Crippen molar-refractivity contribution in [2.75, 3.05) is 26.2 Å². The summed E-state index contributed by atoms with van der Waals surface area (Å²) in [5.41, 5.74) is 4.65. The van der Waals surface area contributed by atoms with Crippen molar-refractivity contribution in [1.29, 1.82) is 0 Å². The van der Waals surface area contributed by atoms with Crippen LogP contribution in [0.2, 0.25) is 0 Å². The predicted molar refractivity (Wildman–Crippen MR) is 114 cm³/mol. The lowest BCUT2D eigenvalue weighted by molar-refractivity contribution is 0.242. The van der Waals surface area contributed by atoms with E-state index in [1.165, 1.54) is 21.9 Å². The van der Waals surface area contributed by atoms with Crippen molar-refractivity contribution in [1.82, 2.24) is 20.2 Å². The Labute approximate surface area is 165 Å². The van der Waals surface area contributed by atoms with Crippen LogP contribution in [0.15, 0.2) is 73.1 Å². The third-order valence-corrected chi connectivity index (χ3v) is 5.64. The standard InChI is InChI=1S/C24H24N4/c1-3-8-22-18(6-1)16-19(17-27-22)24(28-14-5-11-25-13-15-28)21-10-12-26-23-9-4-2-7-20(21)23/h1-4,6-10,12,16-17,24-25H,5,11,13-15H2. The van der Waals surface area contributed by atoms with Gasteiger partial charge in [0.05, 0.1) is 17.1 Å². The number of nitrogens with zero attached hydrogens (tertiary/aromatic N) is 3. The van der Waals surface area contributed by atoms with Crippen LogP contribution in [-0.2, 0) is 0 Å². The van der Waals surface area contributed by atoms with Gasteiger partial charge in [-0.2, -0.15) is 0 Å². The lowest BCUT2D eigenvalue weighted by atomic mass is 9.94. The number of pyridine rings is 2. The first-order valence-electron chi connectivity index (χ1n) is 10.0. The van der Waals surface area contributed by atoms with Gasteiger partial charge in [0.15, 0.2) is 0 Å². The van der Waals surface area contributed by atoms with Gasteiger partial charge in [-0.3, -0.25) is 14.9 Å². The molecule has 140 valence electrons. The maximum Gasteiger partial charge on any atom is 0.0705 e. The third kappa shape index (κ3) is 3.26. The average Bonchev–Trinajstić information content (AvgIpc) is 3.03. The Morgan fingerprint density at radius 3 is 2.68 bits per heavy atom. The summed E-state index contributed by atoms with van der Waals surface area (Å²) in [5.74, 6) is 0. The second-order valence-electron chi connectivity index (χ2n) is 7.42. The molecule has 1 aliphatic heterocycles. The number of para-hydroxylation sites is 2. The molecule has 1 unspecified atom stereocenters. The van der Waals surface area contributed by atoms with Gasteiger partial charge in [-0.25, -0.2) is 0 Å². The first-order chi connectivity index (χ1) is 13.9. The number of hydrogen-bond acceptors (Lipinski definition) is 4. The van der Waals surface area contributed by atoms with Gasteiger partial charge >= 0.3 is 0 Å². The lowest BCUT2D eigenvalue weighted by Crippen LogP contribution is -2.33. The van der Waals surface area contributed by atoms with Gasteiger partial charge in [0.1, 0.15) is 0 Å². The molecule has 2 aromatic carbocycles. The Morgan fingerprint density at radius 1 is 0.857 bits per heavy atom. The van der Waals surface area contributed by atoms with Crippen LogP contribution < -0.4 is 5.32 Å². The number of rotatable bonds is 3. The zero-order valence-corrected chi connectivity index (χ0v) is 15.9. The Hall–Kier alpha value is -2.82. The maximum absolute atomic E-state index is 4.77. The molecule has 0 amide bonds. The SMILES string of the molecule is c1ccc2ncc(C(c3ccnc4ccccc34)N3CCCNCC3)cc2c1. The molecule has 1 aliphatic rings. The number of nitrogens with one attached hydrogen (secondary N) is 1. The first-order valence-corrected chi connectivity index (χ1v) is 10.0. The Balaban J connectivity index is 1.69. The van der Waals surface area contributed by atoms with Crippen LogP contribution in [0.4, 0.5) is 0 Å². The minimum Gasteiger partial charge on any atom is -0.315 e. The molecule has 0 bridgehead atoms. The fourth-order valence-corrected chi connectivity index (χ4v) is 4.31. The molecule has 0 radical (unpaired) electrons. The third-order valence-electron chi connectivity index (χ3n) is 5.64. The number of fused-ring (bicyclic) bond motifs is 2. The van der Waals surface area contributed by atoms with Crippen molar-refractivity contribution in [3.05, 3.63) is 84.2 Å². The van der Waals surface area contributed by atoms with E-state index < -0.39 is 0 Å². The van der Waals surface area contributed by atoms with Gasteiger partial charge in [0, 0.05) is 42.8 Å². The zero-order chi connectivity index (χ0) is 18.8. The normalized spacial score (nSPS) is 16.9. The largest absolute Gasteiger partial charge is 0.315 e. The van der Waals surface area contributed by atoms with E-state index in [2.05, 4.69) is 76.0 Å². The topological polar surface area (TPSA) is 41.1 Å². The van der Waals surface area contributed by atoms with Gasteiger partial charge in [-0.15, -0.1) is 0 Å². The molecule has 2 aromatic heterocycles. The molecule has 5 rings (SSSR count). The lowest BCUT2D eigenvalue weighted by Gasteiger charge is -2.32. The molecule has 28 heavy (non-hydrogen) atoms.